The average molecular weight is 489 g/mol. The number of nitrogens with one attached hydrogen (secondary N) is 1. The third-order valence-electron chi connectivity index (χ3n) is 7.42. The second kappa shape index (κ2) is 8.60. The van der Waals surface area contributed by atoms with Gasteiger partial charge in [-0.25, -0.2) is 4.98 Å². The molecule has 0 bridgehead atoms. The molecule has 3 heterocycles. The van der Waals surface area contributed by atoms with Crippen LogP contribution in [0.5, 0.6) is 0 Å². The summed E-state index contributed by atoms with van der Waals surface area (Å²) in [6.45, 7) is 1.95. The molecule has 3 aliphatic rings. The Hall–Kier alpha value is -2.98. The van der Waals surface area contributed by atoms with E-state index in [0.717, 1.165) is 23.7 Å². The fraction of sp³-hybridized carbons (Fsp3) is 0.480. The second-order valence-corrected chi connectivity index (χ2v) is 9.83. The summed E-state index contributed by atoms with van der Waals surface area (Å²) in [5, 5.41) is 13.3. The molecule has 1 saturated heterocycles. The number of aliphatic hydroxyl groups is 1. The number of piperidine rings is 1. The highest BCUT2D eigenvalue weighted by atomic mass is 19.4. The van der Waals surface area contributed by atoms with E-state index in [9.17, 15) is 27.9 Å². The van der Waals surface area contributed by atoms with E-state index in [2.05, 4.69) is 15.2 Å². The predicted octanol–water partition coefficient (Wildman–Crippen LogP) is 2.37. The monoisotopic (exact) mass is 488 g/mol. The molecule has 0 spiro atoms. The van der Waals surface area contributed by atoms with Crippen LogP contribution in [0.15, 0.2) is 36.4 Å². The minimum absolute atomic E-state index is 0.00847. The van der Waals surface area contributed by atoms with Crippen molar-refractivity contribution in [1.29, 1.82) is 0 Å². The molecule has 10 heteroatoms. The number of halogens is 3. The number of likely N-dealkylation sites (N-methyl/N-ethyl adjacent to an activating group) is 1. The topological polar surface area (TPSA) is 85.8 Å². The summed E-state index contributed by atoms with van der Waals surface area (Å²) >= 11 is 0. The number of amides is 2. The Morgan fingerprint density at radius 1 is 1.31 bits per heavy atom. The first-order valence-corrected chi connectivity index (χ1v) is 11.7. The number of fused-ring (bicyclic) bond motifs is 2. The van der Waals surface area contributed by atoms with Gasteiger partial charge in [-0.05, 0) is 54.7 Å². The molecule has 7 nitrogen and oxygen atoms in total. The molecule has 2 aromatic rings. The second-order valence-electron chi connectivity index (χ2n) is 9.83. The number of anilines is 1. The number of alkyl halides is 3. The molecule has 1 aromatic carbocycles. The number of hydrogen-bond donors (Lipinski definition) is 2. The molecule has 0 radical (unpaired) electrons. The van der Waals surface area contributed by atoms with E-state index in [4.69, 9.17) is 0 Å². The number of aliphatic hydroxyl groups excluding tert-OH is 1. The van der Waals surface area contributed by atoms with Gasteiger partial charge in [0.2, 0.25) is 5.91 Å². The number of hydrogen-bond acceptors (Lipinski definition) is 5. The normalized spacial score (nSPS) is 24.3. The maximum absolute atomic E-state index is 13.1. The van der Waals surface area contributed by atoms with Gasteiger partial charge in [0.25, 0.3) is 5.91 Å². The Morgan fingerprint density at radius 2 is 2.11 bits per heavy atom. The third-order valence-corrected chi connectivity index (χ3v) is 7.42. The highest BCUT2D eigenvalue weighted by Crippen LogP contribution is 2.58. The van der Waals surface area contributed by atoms with Crippen molar-refractivity contribution in [2.45, 2.75) is 37.0 Å². The Labute approximate surface area is 200 Å². The van der Waals surface area contributed by atoms with E-state index >= 15 is 0 Å². The van der Waals surface area contributed by atoms with Gasteiger partial charge in [-0.3, -0.25) is 14.5 Å². The number of carbonyl (C=O) groups excluding carboxylic acids is 2. The zero-order chi connectivity index (χ0) is 25.0. The molecule has 2 amide bonds. The highest BCUT2D eigenvalue weighted by molar-refractivity contribution is 6.03. The Balaban J connectivity index is 1.10. The van der Waals surface area contributed by atoms with Crippen LogP contribution in [0.4, 0.5) is 18.9 Å². The van der Waals surface area contributed by atoms with Crippen molar-refractivity contribution in [3.8, 4) is 0 Å². The lowest BCUT2D eigenvalue weighted by Crippen LogP contribution is -2.36. The number of benzene rings is 1. The fourth-order valence-corrected chi connectivity index (χ4v) is 5.45. The van der Waals surface area contributed by atoms with Crippen LogP contribution in [0.25, 0.3) is 0 Å². The minimum atomic E-state index is -4.47. The van der Waals surface area contributed by atoms with Crippen molar-refractivity contribution in [2.24, 2.45) is 5.92 Å². The van der Waals surface area contributed by atoms with Crippen molar-refractivity contribution >= 4 is 17.5 Å². The molecule has 1 saturated carbocycles. The molecule has 2 aliphatic heterocycles. The van der Waals surface area contributed by atoms with Crippen LogP contribution in [0.3, 0.4) is 0 Å². The van der Waals surface area contributed by atoms with E-state index < -0.39 is 18.0 Å². The highest BCUT2D eigenvalue weighted by Gasteiger charge is 2.61. The van der Waals surface area contributed by atoms with Crippen LogP contribution in [0.2, 0.25) is 0 Å². The summed E-state index contributed by atoms with van der Waals surface area (Å²) in [5.74, 6) is -0.0269. The first-order chi connectivity index (χ1) is 16.6. The SMILES string of the molecule is CN1C(=O)Cc2cc(C(=O)NCC[C@@H](O)CN3CC4CC4(c4cccc(C(F)(F)F)n4)C3)ccc21. The summed E-state index contributed by atoms with van der Waals surface area (Å²) in [6, 6.07) is 9.22. The number of β-amino-alcohol motifs (C(OH)–C–C–N with tert-alkyl or cyclic N) is 1. The van der Waals surface area contributed by atoms with Gasteiger partial charge in [0.15, 0.2) is 0 Å². The van der Waals surface area contributed by atoms with Gasteiger partial charge in [-0.1, -0.05) is 6.07 Å². The molecule has 1 aromatic heterocycles. The molecule has 1 aliphatic carbocycles. The molecule has 2 unspecified atom stereocenters. The molecule has 186 valence electrons. The van der Waals surface area contributed by atoms with Gasteiger partial charge in [0, 0.05) is 55.6 Å². The molecule has 2 fully saturated rings. The molecule has 35 heavy (non-hydrogen) atoms. The predicted molar refractivity (Wildman–Crippen MR) is 122 cm³/mol. The Morgan fingerprint density at radius 3 is 2.89 bits per heavy atom. The number of carbonyl (C=O) groups is 2. The summed E-state index contributed by atoms with van der Waals surface area (Å²) < 4.78 is 39.2. The first kappa shape index (κ1) is 23.7. The lowest BCUT2D eigenvalue weighted by Gasteiger charge is -2.23. The van der Waals surface area contributed by atoms with E-state index in [1.54, 1.807) is 36.2 Å². The first-order valence-electron chi connectivity index (χ1n) is 11.7. The van der Waals surface area contributed by atoms with E-state index in [1.165, 1.54) is 6.07 Å². The zero-order valence-electron chi connectivity index (χ0n) is 19.3. The third kappa shape index (κ3) is 4.52. The smallest absolute Gasteiger partial charge is 0.392 e. The summed E-state index contributed by atoms with van der Waals surface area (Å²) in [7, 11) is 1.71. The molecule has 5 rings (SSSR count). The molecule has 2 N–H and O–H groups in total. The van der Waals surface area contributed by atoms with Crippen LogP contribution >= 0.6 is 0 Å². The fourth-order valence-electron chi connectivity index (χ4n) is 5.45. The molecule has 3 atom stereocenters. The van der Waals surface area contributed by atoms with Gasteiger partial charge in [-0.2, -0.15) is 13.2 Å². The number of aromatic nitrogens is 1. The van der Waals surface area contributed by atoms with Crippen LogP contribution in [-0.2, 0) is 22.8 Å². The lowest BCUT2D eigenvalue weighted by molar-refractivity contribution is -0.141. The quantitative estimate of drug-likeness (QED) is 0.625. The van der Waals surface area contributed by atoms with E-state index in [-0.39, 0.29) is 36.1 Å². The van der Waals surface area contributed by atoms with Gasteiger partial charge >= 0.3 is 6.18 Å². The summed E-state index contributed by atoms with van der Waals surface area (Å²) in [5.41, 5.74) is 1.34. The largest absolute Gasteiger partial charge is 0.433 e. The van der Waals surface area contributed by atoms with E-state index in [0.29, 0.717) is 37.3 Å². The van der Waals surface area contributed by atoms with Crippen molar-refractivity contribution in [2.75, 3.05) is 38.1 Å². The van der Waals surface area contributed by atoms with Gasteiger partial charge in [0.1, 0.15) is 5.69 Å². The standard InChI is InChI=1S/C25H27F3N4O3/c1-31-19-6-5-15(9-16(19)10-22(31)34)23(35)29-8-7-18(33)13-32-12-17-11-24(17,14-32)20-3-2-4-21(30-20)25(26,27)28/h2-6,9,17-18,33H,7-8,10-14H2,1H3,(H,29,35)/t17?,18-,24?/m1/s1. The average Bonchev–Trinajstić information content (AvgIpc) is 3.26. The van der Waals surface area contributed by atoms with Crippen LogP contribution in [-0.4, -0.2) is 66.1 Å². The van der Waals surface area contributed by atoms with Gasteiger partial charge in [0.05, 0.1) is 12.5 Å². The van der Waals surface area contributed by atoms with Crippen molar-refractivity contribution in [3.05, 3.63) is 58.9 Å². The lowest BCUT2D eigenvalue weighted by atomic mass is 10.0. The van der Waals surface area contributed by atoms with Crippen molar-refractivity contribution in [3.63, 3.8) is 0 Å². The van der Waals surface area contributed by atoms with E-state index in [1.807, 2.05) is 0 Å². The summed E-state index contributed by atoms with van der Waals surface area (Å²) in [4.78, 5) is 31.9. The maximum atomic E-state index is 13.1. The van der Waals surface area contributed by atoms with Crippen LogP contribution in [0.1, 0.15) is 40.2 Å². The molecular weight excluding hydrogens is 461 g/mol. The van der Waals surface area contributed by atoms with Crippen LogP contribution in [0, 0.1) is 5.92 Å². The Kier molecular flexibility index (Phi) is 5.83. The minimum Gasteiger partial charge on any atom is -0.392 e. The zero-order valence-corrected chi connectivity index (χ0v) is 19.3. The van der Waals surface area contributed by atoms with Gasteiger partial charge in [-0.15, -0.1) is 0 Å². The van der Waals surface area contributed by atoms with Crippen molar-refractivity contribution < 1.29 is 27.9 Å². The molecular formula is C25H27F3N4O3. The maximum Gasteiger partial charge on any atom is 0.433 e. The van der Waals surface area contributed by atoms with Gasteiger partial charge < -0.3 is 15.3 Å². The number of pyridine rings is 1. The number of rotatable bonds is 7. The Bertz CT molecular complexity index is 1170. The summed E-state index contributed by atoms with van der Waals surface area (Å²) in [6.07, 6.45) is -3.70. The van der Waals surface area contributed by atoms with Crippen molar-refractivity contribution in [1.82, 2.24) is 15.2 Å². The number of likely N-dealkylation sites (tertiary alicyclic amines) is 1. The van der Waals surface area contributed by atoms with Crippen LogP contribution < -0.4 is 10.2 Å². The number of nitrogens with zero attached hydrogens (tertiary/aromatic N) is 3.